The molecular weight excluding hydrogens is 232 g/mol. The number of nitrogens with one attached hydrogen (secondary N) is 2. The second-order valence-electron chi connectivity index (χ2n) is 5.51. The first-order valence-electron chi connectivity index (χ1n) is 6.67. The summed E-state index contributed by atoms with van der Waals surface area (Å²) in [5.41, 5.74) is -0.952. The van der Waals surface area contributed by atoms with Crippen LogP contribution in [0.4, 0.5) is 4.79 Å². The first kappa shape index (κ1) is 14.8. The number of carbonyl (C=O) groups excluding carboxylic acids is 1. The van der Waals surface area contributed by atoms with E-state index in [2.05, 4.69) is 17.6 Å². The molecule has 1 unspecified atom stereocenters. The third kappa shape index (κ3) is 3.15. The minimum absolute atomic E-state index is 0.239. The highest BCUT2D eigenvalue weighted by Crippen LogP contribution is 2.42. The van der Waals surface area contributed by atoms with Crippen LogP contribution in [0, 0.1) is 5.41 Å². The summed E-state index contributed by atoms with van der Waals surface area (Å²) in [4.78, 5) is 22.8. The smallest absolute Gasteiger partial charge is 0.329 e. The zero-order chi connectivity index (χ0) is 13.8. The Kier molecular flexibility index (Phi) is 4.59. The highest BCUT2D eigenvalue weighted by molar-refractivity contribution is 5.85. The SMILES string of the molecule is CCC1(CNC(=O)NC(C)(CC)C(=O)O)CCC1. The number of amides is 2. The van der Waals surface area contributed by atoms with Crippen LogP contribution in [0.25, 0.3) is 0 Å². The predicted molar refractivity (Wildman–Crippen MR) is 69.4 cm³/mol. The molecule has 1 rings (SSSR count). The van der Waals surface area contributed by atoms with Crippen LogP contribution < -0.4 is 10.6 Å². The molecule has 5 nitrogen and oxygen atoms in total. The molecule has 1 saturated carbocycles. The van der Waals surface area contributed by atoms with Crippen molar-refractivity contribution in [1.82, 2.24) is 10.6 Å². The van der Waals surface area contributed by atoms with Crippen molar-refractivity contribution in [3.63, 3.8) is 0 Å². The molecule has 1 aliphatic carbocycles. The van der Waals surface area contributed by atoms with Gasteiger partial charge in [0.15, 0.2) is 0 Å². The molecule has 0 aromatic rings. The molecular formula is C13H24N2O3. The third-order valence-corrected chi connectivity index (χ3v) is 4.36. The predicted octanol–water partition coefficient (Wildman–Crippen LogP) is 2.12. The summed E-state index contributed by atoms with van der Waals surface area (Å²) in [5.74, 6) is -1.01. The van der Waals surface area contributed by atoms with E-state index in [1.165, 1.54) is 13.3 Å². The number of carboxylic acids is 1. The standard InChI is InChI=1S/C13H24N2O3/c1-4-12(3,10(16)17)15-11(18)14-9-13(5-2)7-6-8-13/h4-9H2,1-3H3,(H,16,17)(H2,14,15,18). The molecule has 104 valence electrons. The van der Waals surface area contributed by atoms with Gasteiger partial charge in [0.1, 0.15) is 5.54 Å². The Morgan fingerprint density at radius 2 is 1.94 bits per heavy atom. The number of urea groups is 1. The van der Waals surface area contributed by atoms with Gasteiger partial charge in [-0.15, -0.1) is 0 Å². The zero-order valence-electron chi connectivity index (χ0n) is 11.5. The first-order chi connectivity index (χ1) is 8.37. The van der Waals surface area contributed by atoms with E-state index in [9.17, 15) is 9.59 Å². The Morgan fingerprint density at radius 1 is 1.33 bits per heavy atom. The molecule has 1 atom stereocenters. The van der Waals surface area contributed by atoms with Crippen molar-refractivity contribution in [3.8, 4) is 0 Å². The number of carboxylic acid groups (broad SMARTS) is 1. The number of hydrogen-bond donors (Lipinski definition) is 3. The summed E-state index contributed by atoms with van der Waals surface area (Å²) in [5, 5.41) is 14.4. The minimum Gasteiger partial charge on any atom is -0.480 e. The lowest BCUT2D eigenvalue weighted by Gasteiger charge is -2.41. The Balaban J connectivity index is 2.44. The van der Waals surface area contributed by atoms with Gasteiger partial charge >= 0.3 is 12.0 Å². The van der Waals surface area contributed by atoms with Crippen LogP contribution in [0.2, 0.25) is 0 Å². The van der Waals surface area contributed by atoms with Gasteiger partial charge in [-0.25, -0.2) is 9.59 Å². The second-order valence-corrected chi connectivity index (χ2v) is 5.51. The Morgan fingerprint density at radius 3 is 2.28 bits per heavy atom. The lowest BCUT2D eigenvalue weighted by molar-refractivity contribution is -0.143. The maximum Gasteiger partial charge on any atom is 0.329 e. The molecule has 0 bridgehead atoms. The van der Waals surface area contributed by atoms with Crippen molar-refractivity contribution in [1.29, 1.82) is 0 Å². The van der Waals surface area contributed by atoms with Gasteiger partial charge in [-0.3, -0.25) is 0 Å². The second kappa shape index (κ2) is 5.59. The summed E-state index contributed by atoms with van der Waals surface area (Å²) >= 11 is 0. The van der Waals surface area contributed by atoms with E-state index >= 15 is 0 Å². The monoisotopic (exact) mass is 256 g/mol. The molecule has 0 aliphatic heterocycles. The third-order valence-electron chi connectivity index (χ3n) is 4.36. The fourth-order valence-electron chi connectivity index (χ4n) is 2.19. The highest BCUT2D eigenvalue weighted by Gasteiger charge is 2.37. The van der Waals surface area contributed by atoms with Gasteiger partial charge in [-0.05, 0) is 38.0 Å². The lowest BCUT2D eigenvalue weighted by Crippen LogP contribution is -2.56. The molecule has 0 saturated heterocycles. The molecule has 1 aliphatic rings. The van der Waals surface area contributed by atoms with E-state index in [4.69, 9.17) is 5.11 Å². The molecule has 0 aromatic carbocycles. The van der Waals surface area contributed by atoms with Crippen molar-refractivity contribution >= 4 is 12.0 Å². The highest BCUT2D eigenvalue weighted by atomic mass is 16.4. The fourth-order valence-corrected chi connectivity index (χ4v) is 2.19. The van der Waals surface area contributed by atoms with Crippen LogP contribution in [0.5, 0.6) is 0 Å². The van der Waals surface area contributed by atoms with Crippen LogP contribution in [0.15, 0.2) is 0 Å². The minimum atomic E-state index is -1.19. The summed E-state index contributed by atoms with van der Waals surface area (Å²) in [6.07, 6.45) is 4.92. The van der Waals surface area contributed by atoms with Gasteiger partial charge in [0.25, 0.3) is 0 Å². The van der Waals surface area contributed by atoms with E-state index in [1.54, 1.807) is 6.92 Å². The normalized spacial score (nSPS) is 20.4. The van der Waals surface area contributed by atoms with E-state index in [-0.39, 0.29) is 11.4 Å². The average molecular weight is 256 g/mol. The van der Waals surface area contributed by atoms with Crippen LogP contribution in [-0.4, -0.2) is 29.2 Å². The topological polar surface area (TPSA) is 78.4 Å². The Bertz CT molecular complexity index is 321. The van der Waals surface area contributed by atoms with Gasteiger partial charge in [0.05, 0.1) is 0 Å². The lowest BCUT2D eigenvalue weighted by atomic mass is 9.67. The Labute approximate surface area is 108 Å². The van der Waals surface area contributed by atoms with Crippen molar-refractivity contribution in [2.45, 2.75) is 58.4 Å². The molecule has 18 heavy (non-hydrogen) atoms. The molecule has 0 heterocycles. The molecule has 0 aromatic heterocycles. The quantitative estimate of drug-likeness (QED) is 0.681. The van der Waals surface area contributed by atoms with E-state index in [0.29, 0.717) is 13.0 Å². The summed E-state index contributed by atoms with van der Waals surface area (Å²) in [7, 11) is 0. The van der Waals surface area contributed by atoms with Crippen LogP contribution in [-0.2, 0) is 4.79 Å². The van der Waals surface area contributed by atoms with Gasteiger partial charge in [-0.1, -0.05) is 20.3 Å². The number of rotatable bonds is 6. The number of hydrogen-bond acceptors (Lipinski definition) is 2. The number of carbonyl (C=O) groups is 2. The fraction of sp³-hybridized carbons (Fsp3) is 0.846. The zero-order valence-corrected chi connectivity index (χ0v) is 11.5. The molecule has 2 amide bonds. The maximum atomic E-state index is 11.7. The number of aliphatic carboxylic acids is 1. The Hall–Kier alpha value is -1.26. The molecule has 3 N–H and O–H groups in total. The molecule has 0 radical (unpaired) electrons. The summed E-state index contributed by atoms with van der Waals surface area (Å²) in [6, 6.07) is -0.388. The van der Waals surface area contributed by atoms with Crippen LogP contribution in [0.3, 0.4) is 0 Å². The van der Waals surface area contributed by atoms with Crippen molar-refractivity contribution in [3.05, 3.63) is 0 Å². The van der Waals surface area contributed by atoms with E-state index in [0.717, 1.165) is 19.3 Å². The van der Waals surface area contributed by atoms with E-state index in [1.807, 2.05) is 0 Å². The van der Waals surface area contributed by atoms with Crippen LogP contribution in [0.1, 0.15) is 52.9 Å². The van der Waals surface area contributed by atoms with Crippen molar-refractivity contribution < 1.29 is 14.7 Å². The first-order valence-corrected chi connectivity index (χ1v) is 6.67. The molecule has 0 spiro atoms. The van der Waals surface area contributed by atoms with Gasteiger partial charge < -0.3 is 15.7 Å². The van der Waals surface area contributed by atoms with Gasteiger partial charge in [0.2, 0.25) is 0 Å². The van der Waals surface area contributed by atoms with Crippen molar-refractivity contribution in [2.75, 3.05) is 6.54 Å². The summed E-state index contributed by atoms with van der Waals surface area (Å²) in [6.45, 7) is 6.03. The van der Waals surface area contributed by atoms with E-state index < -0.39 is 11.5 Å². The largest absolute Gasteiger partial charge is 0.480 e. The molecule has 1 fully saturated rings. The molecule has 5 heteroatoms. The van der Waals surface area contributed by atoms with Crippen molar-refractivity contribution in [2.24, 2.45) is 5.41 Å². The average Bonchev–Trinajstić information content (AvgIpc) is 2.27. The maximum absolute atomic E-state index is 11.7. The van der Waals surface area contributed by atoms with Gasteiger partial charge in [-0.2, -0.15) is 0 Å². The van der Waals surface area contributed by atoms with Crippen LogP contribution >= 0.6 is 0 Å². The summed E-state index contributed by atoms with van der Waals surface area (Å²) < 4.78 is 0. The van der Waals surface area contributed by atoms with Gasteiger partial charge in [0, 0.05) is 6.54 Å².